The van der Waals surface area contributed by atoms with Crippen LogP contribution >= 0.6 is 11.6 Å². The van der Waals surface area contributed by atoms with Gasteiger partial charge >= 0.3 is 0 Å². The highest BCUT2D eigenvalue weighted by atomic mass is 35.5. The molecular weight excluding hydrogens is 535 g/mol. The molecule has 2 unspecified atom stereocenters. The van der Waals surface area contributed by atoms with Crippen molar-refractivity contribution in [3.8, 4) is 0 Å². The molecule has 2 aromatic carbocycles. The summed E-state index contributed by atoms with van der Waals surface area (Å²) in [7, 11) is -4.02. The van der Waals surface area contributed by atoms with Crippen molar-refractivity contribution in [2.45, 2.75) is 54.5 Å². The van der Waals surface area contributed by atoms with E-state index in [1.54, 1.807) is 6.92 Å². The predicted molar refractivity (Wildman–Crippen MR) is 130 cm³/mol. The molecular formula is C25H27ClF3NO6S. The van der Waals surface area contributed by atoms with Crippen LogP contribution in [-0.2, 0) is 14.6 Å². The predicted octanol–water partition coefficient (Wildman–Crippen LogP) is 4.10. The number of carbonyl (C=O) groups excluding carboxylic acids is 1. The maximum Gasteiger partial charge on any atom is 0.255 e. The average molecular weight is 562 g/mol. The molecule has 2 aliphatic carbocycles. The van der Waals surface area contributed by atoms with Gasteiger partial charge in [0.15, 0.2) is 27.3 Å². The maximum absolute atomic E-state index is 13.6. The Balaban J connectivity index is 1.53. The van der Waals surface area contributed by atoms with Crippen molar-refractivity contribution < 1.29 is 41.3 Å². The SMILES string of the molecule is C[C@@H](O)COCC1(O)C2CCC1CC(S(=O)(=O)c1cc(C(=O)Nc3cc(F)c(F)c(F)c3)ccc1Cl)C2. The molecule has 0 aromatic heterocycles. The van der Waals surface area contributed by atoms with Gasteiger partial charge in [-0.05, 0) is 62.6 Å². The number of aliphatic hydroxyl groups is 2. The standard InChI is InChI=1S/C25H27ClF3NO6S/c1-13(31)11-36-12-25(33)15-3-4-16(25)8-18(7-15)37(34,35)22-6-14(2-5-19(22)26)24(32)30-17-9-20(27)23(29)21(28)10-17/h2,5-6,9-10,13,15-16,18,31,33H,3-4,7-8,11-12H2,1H3,(H,30,32)/t13-,15?,16?,18?,25?/m1/s1. The number of aliphatic hydroxyl groups excluding tert-OH is 1. The van der Waals surface area contributed by atoms with Crippen LogP contribution < -0.4 is 5.32 Å². The molecule has 2 bridgehead atoms. The highest BCUT2D eigenvalue weighted by molar-refractivity contribution is 7.92. The molecule has 2 saturated carbocycles. The fourth-order valence-corrected chi connectivity index (χ4v) is 7.77. The second-order valence-corrected chi connectivity index (χ2v) is 12.4. The van der Waals surface area contributed by atoms with E-state index in [9.17, 15) is 36.6 Å². The highest BCUT2D eigenvalue weighted by Crippen LogP contribution is 2.52. The first-order valence-electron chi connectivity index (χ1n) is 11.8. The summed E-state index contributed by atoms with van der Waals surface area (Å²) < 4.78 is 72.9. The van der Waals surface area contributed by atoms with E-state index < -0.39 is 50.2 Å². The Hall–Kier alpha value is -2.18. The highest BCUT2D eigenvalue weighted by Gasteiger charge is 2.55. The minimum atomic E-state index is -4.02. The lowest BCUT2D eigenvalue weighted by molar-refractivity contribution is -0.121. The topological polar surface area (TPSA) is 113 Å². The van der Waals surface area contributed by atoms with Crippen LogP contribution in [0.2, 0.25) is 5.02 Å². The minimum absolute atomic E-state index is 0.000980. The molecule has 0 heterocycles. The summed E-state index contributed by atoms with van der Waals surface area (Å²) in [6.45, 7) is 1.63. The number of nitrogens with one attached hydrogen (secondary N) is 1. The van der Waals surface area contributed by atoms with Gasteiger partial charge in [0.05, 0.1) is 40.1 Å². The molecule has 12 heteroatoms. The molecule has 1 amide bonds. The van der Waals surface area contributed by atoms with Gasteiger partial charge in [0, 0.05) is 23.4 Å². The van der Waals surface area contributed by atoms with E-state index in [-0.39, 0.29) is 59.1 Å². The van der Waals surface area contributed by atoms with Crippen LogP contribution in [0.4, 0.5) is 18.9 Å². The molecule has 4 rings (SSSR count). The van der Waals surface area contributed by atoms with Crippen LogP contribution in [0, 0.1) is 29.3 Å². The Morgan fingerprint density at radius 2 is 1.76 bits per heavy atom. The largest absolute Gasteiger partial charge is 0.391 e. The lowest BCUT2D eigenvalue weighted by Gasteiger charge is -2.42. The normalized spacial score (nSPS) is 26.2. The summed E-state index contributed by atoms with van der Waals surface area (Å²) in [4.78, 5) is 12.4. The molecule has 0 radical (unpaired) electrons. The zero-order valence-electron chi connectivity index (χ0n) is 19.9. The first-order chi connectivity index (χ1) is 17.3. The average Bonchev–Trinajstić information content (AvgIpc) is 2.98. The molecule has 7 nitrogen and oxygen atoms in total. The van der Waals surface area contributed by atoms with E-state index in [0.29, 0.717) is 25.0 Å². The van der Waals surface area contributed by atoms with Crippen molar-refractivity contribution in [1.29, 1.82) is 0 Å². The Bertz CT molecular complexity index is 1270. The molecule has 2 aromatic rings. The first kappa shape index (κ1) is 27.8. The minimum Gasteiger partial charge on any atom is -0.391 e. The van der Waals surface area contributed by atoms with Crippen LogP contribution in [0.1, 0.15) is 43.0 Å². The third kappa shape index (κ3) is 5.51. The molecule has 2 fully saturated rings. The maximum atomic E-state index is 13.6. The van der Waals surface area contributed by atoms with Crippen LogP contribution in [-0.4, -0.2) is 54.7 Å². The summed E-state index contributed by atoms with van der Waals surface area (Å²) in [6, 6.07) is 4.81. The number of halogens is 4. The van der Waals surface area contributed by atoms with Crippen molar-refractivity contribution in [3.05, 3.63) is 58.4 Å². The molecule has 0 spiro atoms. The number of fused-ring (bicyclic) bond motifs is 2. The summed E-state index contributed by atoms with van der Waals surface area (Å²) in [5, 5.41) is 21.9. The quantitative estimate of drug-likeness (QED) is 0.418. The number of anilines is 1. The zero-order chi connectivity index (χ0) is 27.1. The van der Waals surface area contributed by atoms with E-state index in [1.165, 1.54) is 12.1 Å². The van der Waals surface area contributed by atoms with Gasteiger partial charge in [-0.15, -0.1) is 0 Å². The van der Waals surface area contributed by atoms with Crippen LogP contribution in [0.5, 0.6) is 0 Å². The van der Waals surface area contributed by atoms with Gasteiger partial charge in [-0.3, -0.25) is 4.79 Å². The number of hydrogen-bond acceptors (Lipinski definition) is 6. The lowest BCUT2D eigenvalue weighted by Crippen LogP contribution is -2.51. The second-order valence-electron chi connectivity index (χ2n) is 9.82. The molecule has 202 valence electrons. The number of sulfone groups is 1. The van der Waals surface area contributed by atoms with Gasteiger partial charge in [-0.25, -0.2) is 21.6 Å². The van der Waals surface area contributed by atoms with Gasteiger partial charge in [0.1, 0.15) is 0 Å². The van der Waals surface area contributed by atoms with E-state index in [4.69, 9.17) is 16.3 Å². The molecule has 0 aliphatic heterocycles. The monoisotopic (exact) mass is 561 g/mol. The number of ether oxygens (including phenoxy) is 1. The second kappa shape index (κ2) is 10.5. The van der Waals surface area contributed by atoms with Gasteiger partial charge in [0.25, 0.3) is 5.91 Å². The van der Waals surface area contributed by atoms with E-state index in [1.807, 2.05) is 0 Å². The third-order valence-corrected chi connectivity index (χ3v) is 9.90. The summed E-state index contributed by atoms with van der Waals surface area (Å²) in [5.41, 5.74) is -1.66. The fourth-order valence-electron chi connectivity index (χ4n) is 5.37. The molecule has 37 heavy (non-hydrogen) atoms. The molecule has 0 saturated heterocycles. The zero-order valence-corrected chi connectivity index (χ0v) is 21.5. The molecule has 2 aliphatic rings. The number of carbonyl (C=O) groups is 1. The van der Waals surface area contributed by atoms with Crippen molar-refractivity contribution in [2.24, 2.45) is 11.8 Å². The van der Waals surface area contributed by atoms with Gasteiger partial charge in [-0.2, -0.15) is 0 Å². The summed E-state index contributed by atoms with van der Waals surface area (Å²) in [6.07, 6.45) is 0.923. The Kier molecular flexibility index (Phi) is 7.92. The number of benzene rings is 2. The van der Waals surface area contributed by atoms with Gasteiger partial charge in [0.2, 0.25) is 0 Å². The molecule has 3 N–H and O–H groups in total. The van der Waals surface area contributed by atoms with E-state index in [2.05, 4.69) is 5.32 Å². The number of hydrogen-bond donors (Lipinski definition) is 3. The number of rotatable bonds is 8. The summed E-state index contributed by atoms with van der Waals surface area (Å²) in [5.74, 6) is -6.18. The molecule has 3 atom stereocenters. The van der Waals surface area contributed by atoms with Crippen molar-refractivity contribution in [2.75, 3.05) is 18.5 Å². The lowest BCUT2D eigenvalue weighted by atomic mass is 9.75. The van der Waals surface area contributed by atoms with Crippen LogP contribution in [0.15, 0.2) is 35.2 Å². The van der Waals surface area contributed by atoms with E-state index >= 15 is 0 Å². The van der Waals surface area contributed by atoms with Crippen molar-refractivity contribution >= 4 is 33.0 Å². The Morgan fingerprint density at radius 3 is 2.32 bits per heavy atom. The fraction of sp³-hybridized carbons (Fsp3) is 0.480. The van der Waals surface area contributed by atoms with Gasteiger partial charge in [-0.1, -0.05) is 11.6 Å². The van der Waals surface area contributed by atoms with Gasteiger partial charge < -0.3 is 20.3 Å². The van der Waals surface area contributed by atoms with Crippen LogP contribution in [0.25, 0.3) is 0 Å². The van der Waals surface area contributed by atoms with Crippen molar-refractivity contribution in [3.63, 3.8) is 0 Å². The summed E-state index contributed by atoms with van der Waals surface area (Å²) >= 11 is 6.22. The Labute approximate surface area is 217 Å². The number of amides is 1. The van der Waals surface area contributed by atoms with E-state index in [0.717, 1.165) is 6.07 Å². The van der Waals surface area contributed by atoms with Crippen LogP contribution in [0.3, 0.4) is 0 Å². The smallest absolute Gasteiger partial charge is 0.255 e. The third-order valence-electron chi connectivity index (χ3n) is 7.25. The Morgan fingerprint density at radius 1 is 1.16 bits per heavy atom. The van der Waals surface area contributed by atoms with Crippen molar-refractivity contribution in [1.82, 2.24) is 0 Å². The first-order valence-corrected chi connectivity index (χ1v) is 13.7.